The van der Waals surface area contributed by atoms with Crippen LogP contribution in [0.15, 0.2) is 30.3 Å². The number of para-hydroxylation sites is 1. The average Bonchev–Trinajstić information content (AvgIpc) is 2.87. The van der Waals surface area contributed by atoms with Gasteiger partial charge in [-0.1, -0.05) is 18.2 Å². The number of hydrogen-bond donors (Lipinski definition) is 1. The van der Waals surface area contributed by atoms with E-state index < -0.39 is 5.97 Å². The third-order valence-electron chi connectivity index (χ3n) is 3.55. The van der Waals surface area contributed by atoms with Crippen molar-refractivity contribution in [2.75, 3.05) is 0 Å². The zero-order valence-corrected chi connectivity index (χ0v) is 11.2. The van der Waals surface area contributed by atoms with Crippen molar-refractivity contribution in [3.63, 3.8) is 0 Å². The van der Waals surface area contributed by atoms with Crippen LogP contribution < -0.4 is 4.74 Å². The molecule has 102 valence electrons. The number of pyridine rings is 1. The number of ether oxygens (including phenoxy) is 1. The van der Waals surface area contributed by atoms with E-state index in [0.29, 0.717) is 5.75 Å². The molecular weight excluding hydrogens is 254 g/mol. The third-order valence-corrected chi connectivity index (χ3v) is 3.55. The summed E-state index contributed by atoms with van der Waals surface area (Å²) < 4.78 is 5.73. The molecule has 0 saturated heterocycles. The van der Waals surface area contributed by atoms with Crippen molar-refractivity contribution in [3.8, 4) is 11.6 Å². The first kappa shape index (κ1) is 12.7. The summed E-state index contributed by atoms with van der Waals surface area (Å²) >= 11 is 0. The first-order valence-electron chi connectivity index (χ1n) is 6.65. The smallest absolute Gasteiger partial charge is 0.341 e. The van der Waals surface area contributed by atoms with Gasteiger partial charge in [-0.05, 0) is 49.4 Å². The number of hydrogen-bond acceptors (Lipinski definition) is 3. The second-order valence-electron chi connectivity index (χ2n) is 4.97. The Hall–Kier alpha value is -2.36. The van der Waals surface area contributed by atoms with Gasteiger partial charge in [-0.2, -0.15) is 0 Å². The zero-order chi connectivity index (χ0) is 14.1. The summed E-state index contributed by atoms with van der Waals surface area (Å²) in [5.74, 6) is -0.177. The average molecular weight is 269 g/mol. The molecule has 20 heavy (non-hydrogen) atoms. The lowest BCUT2D eigenvalue weighted by Gasteiger charge is -2.11. The van der Waals surface area contributed by atoms with E-state index in [4.69, 9.17) is 4.74 Å². The first-order valence-corrected chi connectivity index (χ1v) is 6.65. The van der Waals surface area contributed by atoms with Crippen LogP contribution in [0, 0.1) is 6.92 Å². The van der Waals surface area contributed by atoms with Crippen LogP contribution in [0.25, 0.3) is 0 Å². The number of carbonyl (C=O) groups is 1. The molecule has 0 aliphatic heterocycles. The van der Waals surface area contributed by atoms with E-state index in [1.54, 1.807) is 6.07 Å². The molecule has 0 amide bonds. The van der Waals surface area contributed by atoms with Crippen molar-refractivity contribution in [2.24, 2.45) is 0 Å². The van der Waals surface area contributed by atoms with Gasteiger partial charge in [-0.15, -0.1) is 0 Å². The Balaban J connectivity index is 2.04. The molecule has 3 rings (SSSR count). The van der Waals surface area contributed by atoms with Crippen LogP contribution in [0.5, 0.6) is 11.6 Å². The maximum absolute atomic E-state index is 11.4. The van der Waals surface area contributed by atoms with E-state index in [0.717, 1.165) is 36.1 Å². The van der Waals surface area contributed by atoms with Crippen LogP contribution in [0.2, 0.25) is 0 Å². The molecule has 0 saturated carbocycles. The number of benzene rings is 1. The van der Waals surface area contributed by atoms with Crippen molar-refractivity contribution in [3.05, 3.63) is 52.7 Å². The minimum Gasteiger partial charge on any atom is -0.477 e. The number of aryl methyl sites for hydroxylation is 3. The molecule has 1 heterocycles. The predicted molar refractivity (Wildman–Crippen MR) is 74.5 cm³/mol. The summed E-state index contributed by atoms with van der Waals surface area (Å²) in [7, 11) is 0. The van der Waals surface area contributed by atoms with Gasteiger partial charge in [0.05, 0.1) is 0 Å². The number of fused-ring (bicyclic) bond motifs is 1. The Morgan fingerprint density at radius 3 is 2.85 bits per heavy atom. The Morgan fingerprint density at radius 1 is 1.30 bits per heavy atom. The van der Waals surface area contributed by atoms with Crippen LogP contribution in [-0.4, -0.2) is 16.1 Å². The number of aromatic carboxylic acids is 1. The minimum absolute atomic E-state index is 0.133. The summed E-state index contributed by atoms with van der Waals surface area (Å²) in [4.78, 5) is 15.8. The standard InChI is InChI=1S/C16H15NO3/c1-10-5-2-3-8-14(10)20-15-12(16(18)19)9-11-6-4-7-13(11)17-15/h2-3,5,8-9H,4,6-7H2,1H3,(H,18,19). The number of rotatable bonds is 3. The van der Waals surface area contributed by atoms with Crippen molar-refractivity contribution in [1.29, 1.82) is 0 Å². The number of carboxylic acid groups (broad SMARTS) is 1. The Morgan fingerprint density at radius 2 is 2.10 bits per heavy atom. The van der Waals surface area contributed by atoms with Crippen LogP contribution in [0.1, 0.15) is 33.6 Å². The highest BCUT2D eigenvalue weighted by molar-refractivity contribution is 5.90. The molecular formula is C16H15NO3. The second-order valence-corrected chi connectivity index (χ2v) is 4.97. The lowest BCUT2D eigenvalue weighted by Crippen LogP contribution is -2.05. The van der Waals surface area contributed by atoms with Crippen LogP contribution in [-0.2, 0) is 12.8 Å². The summed E-state index contributed by atoms with van der Waals surface area (Å²) in [6.07, 6.45) is 2.81. The van der Waals surface area contributed by atoms with Gasteiger partial charge in [0.25, 0.3) is 0 Å². The van der Waals surface area contributed by atoms with E-state index in [9.17, 15) is 9.90 Å². The van der Waals surface area contributed by atoms with Crippen LogP contribution >= 0.6 is 0 Å². The van der Waals surface area contributed by atoms with E-state index >= 15 is 0 Å². The molecule has 0 radical (unpaired) electrons. The maximum Gasteiger partial charge on any atom is 0.341 e. The van der Waals surface area contributed by atoms with Crippen molar-refractivity contribution in [1.82, 2.24) is 4.98 Å². The number of nitrogens with zero attached hydrogens (tertiary/aromatic N) is 1. The first-order chi connectivity index (χ1) is 9.65. The van der Waals surface area contributed by atoms with Gasteiger partial charge in [0.15, 0.2) is 0 Å². The zero-order valence-electron chi connectivity index (χ0n) is 11.2. The van der Waals surface area contributed by atoms with E-state index in [-0.39, 0.29) is 11.4 Å². The summed E-state index contributed by atoms with van der Waals surface area (Å²) in [5.41, 5.74) is 3.07. The fraction of sp³-hybridized carbons (Fsp3) is 0.250. The van der Waals surface area contributed by atoms with Gasteiger partial charge in [-0.3, -0.25) is 0 Å². The maximum atomic E-state index is 11.4. The molecule has 0 fully saturated rings. The lowest BCUT2D eigenvalue weighted by molar-refractivity contribution is 0.0693. The van der Waals surface area contributed by atoms with Crippen LogP contribution in [0.4, 0.5) is 0 Å². The quantitative estimate of drug-likeness (QED) is 0.928. The highest BCUT2D eigenvalue weighted by Crippen LogP contribution is 2.30. The monoisotopic (exact) mass is 269 g/mol. The van der Waals surface area contributed by atoms with Crippen molar-refractivity contribution < 1.29 is 14.6 Å². The highest BCUT2D eigenvalue weighted by atomic mass is 16.5. The fourth-order valence-corrected chi connectivity index (χ4v) is 2.46. The molecule has 1 aromatic carbocycles. The van der Waals surface area contributed by atoms with E-state index in [2.05, 4.69) is 4.98 Å². The number of carboxylic acids is 1. The largest absolute Gasteiger partial charge is 0.477 e. The number of aromatic nitrogens is 1. The fourth-order valence-electron chi connectivity index (χ4n) is 2.46. The topological polar surface area (TPSA) is 59.4 Å². The van der Waals surface area contributed by atoms with E-state index in [1.165, 1.54) is 0 Å². The van der Waals surface area contributed by atoms with Gasteiger partial charge in [0.1, 0.15) is 11.3 Å². The van der Waals surface area contributed by atoms with E-state index in [1.807, 2.05) is 31.2 Å². The second kappa shape index (κ2) is 4.96. The third kappa shape index (κ3) is 2.25. The van der Waals surface area contributed by atoms with Crippen molar-refractivity contribution in [2.45, 2.75) is 26.2 Å². The summed E-state index contributed by atoms with van der Waals surface area (Å²) in [6.45, 7) is 1.92. The van der Waals surface area contributed by atoms with Gasteiger partial charge in [-0.25, -0.2) is 9.78 Å². The van der Waals surface area contributed by atoms with Gasteiger partial charge >= 0.3 is 5.97 Å². The molecule has 1 aromatic heterocycles. The molecule has 1 aliphatic rings. The molecule has 0 spiro atoms. The lowest BCUT2D eigenvalue weighted by atomic mass is 10.1. The van der Waals surface area contributed by atoms with Gasteiger partial charge in [0.2, 0.25) is 5.88 Å². The highest BCUT2D eigenvalue weighted by Gasteiger charge is 2.21. The van der Waals surface area contributed by atoms with Gasteiger partial charge < -0.3 is 9.84 Å². The summed E-state index contributed by atoms with van der Waals surface area (Å²) in [6, 6.07) is 9.21. The molecule has 4 heteroatoms. The molecule has 0 unspecified atom stereocenters. The predicted octanol–water partition coefficient (Wildman–Crippen LogP) is 3.37. The molecule has 0 bridgehead atoms. The molecule has 2 aromatic rings. The minimum atomic E-state index is -1.00. The Bertz CT molecular complexity index is 679. The molecule has 4 nitrogen and oxygen atoms in total. The normalized spacial score (nSPS) is 13.1. The van der Waals surface area contributed by atoms with Crippen LogP contribution in [0.3, 0.4) is 0 Å². The Labute approximate surface area is 117 Å². The molecule has 1 aliphatic carbocycles. The van der Waals surface area contributed by atoms with Crippen molar-refractivity contribution >= 4 is 5.97 Å². The molecule has 1 N–H and O–H groups in total. The van der Waals surface area contributed by atoms with Gasteiger partial charge in [0, 0.05) is 5.69 Å². The molecule has 0 atom stereocenters. The Kier molecular flexibility index (Phi) is 3.14. The summed E-state index contributed by atoms with van der Waals surface area (Å²) in [5, 5.41) is 9.32. The SMILES string of the molecule is Cc1ccccc1Oc1nc2c(cc1C(=O)O)CCC2.